The van der Waals surface area contributed by atoms with Gasteiger partial charge < -0.3 is 4.57 Å². The Morgan fingerprint density at radius 2 is 2.14 bits per heavy atom. The number of allylic oxidation sites excluding steroid dienone is 2. The van der Waals surface area contributed by atoms with Gasteiger partial charge in [0, 0.05) is 0 Å². The van der Waals surface area contributed by atoms with Crippen LogP contribution in [-0.2, 0) is 17.5 Å². The fourth-order valence-electron chi connectivity index (χ4n) is 4.35. The number of rotatable bonds is 4. The molecule has 2 atom stereocenters. The van der Waals surface area contributed by atoms with E-state index >= 15 is 0 Å². The quantitative estimate of drug-likeness (QED) is 0.630. The number of halogens is 3. The molecule has 1 saturated carbocycles. The Bertz CT molecular complexity index is 987. The van der Waals surface area contributed by atoms with E-state index in [1.807, 2.05) is 0 Å². The van der Waals surface area contributed by atoms with Crippen molar-refractivity contribution in [1.29, 1.82) is 0 Å². The van der Waals surface area contributed by atoms with Gasteiger partial charge in [-0.25, -0.2) is 10.4 Å². The number of hydrogen-bond acceptors (Lipinski definition) is 3. The van der Waals surface area contributed by atoms with Crippen LogP contribution in [0.4, 0.5) is 13.2 Å². The molecule has 0 spiro atoms. The highest BCUT2D eigenvalue weighted by Crippen LogP contribution is 2.58. The summed E-state index contributed by atoms with van der Waals surface area (Å²) in [6.45, 7) is 3.95. The van der Waals surface area contributed by atoms with Gasteiger partial charge in [-0.2, -0.15) is 18.3 Å². The van der Waals surface area contributed by atoms with Gasteiger partial charge in [0.25, 0.3) is 5.91 Å². The molecule has 0 radical (unpaired) electrons. The van der Waals surface area contributed by atoms with Crippen LogP contribution in [0.3, 0.4) is 0 Å². The molecule has 1 aromatic heterocycles. The first-order valence-electron chi connectivity index (χ1n) is 9.22. The molecule has 28 heavy (non-hydrogen) atoms. The second kappa shape index (κ2) is 6.46. The molecule has 1 N–H and O–H groups in total. The summed E-state index contributed by atoms with van der Waals surface area (Å²) in [5.74, 6) is -0.613. The Morgan fingerprint density at radius 3 is 2.82 bits per heavy atom. The average Bonchev–Trinajstić information content (AvgIpc) is 3.01. The molecular weight excluding hydrogens is 369 g/mol. The second-order valence-corrected chi connectivity index (χ2v) is 8.05. The van der Waals surface area contributed by atoms with Crippen LogP contribution >= 0.6 is 0 Å². The smallest absolute Gasteiger partial charge is 0.311 e. The van der Waals surface area contributed by atoms with Gasteiger partial charge in [-0.1, -0.05) is 32.1 Å². The summed E-state index contributed by atoms with van der Waals surface area (Å²) >= 11 is 0. The number of alkyl halides is 3. The Balaban J connectivity index is 1.48. The first kappa shape index (κ1) is 18.7. The van der Waals surface area contributed by atoms with Crippen molar-refractivity contribution in [2.45, 2.75) is 39.4 Å². The van der Waals surface area contributed by atoms with E-state index in [1.54, 1.807) is 18.3 Å². The van der Waals surface area contributed by atoms with Gasteiger partial charge in [0.2, 0.25) is 5.82 Å². The van der Waals surface area contributed by atoms with Crippen LogP contribution < -0.4 is 5.43 Å². The van der Waals surface area contributed by atoms with Crippen molar-refractivity contribution in [2.24, 2.45) is 22.4 Å². The molecule has 1 amide bonds. The lowest BCUT2D eigenvalue weighted by molar-refractivity contribution is -0.147. The maximum Gasteiger partial charge on any atom is 0.449 e. The normalized spacial score (nSPS) is 23.5. The third-order valence-electron chi connectivity index (χ3n) is 6.12. The highest BCUT2D eigenvalue weighted by molar-refractivity contribution is 5.84. The monoisotopic (exact) mass is 390 g/mol. The number of imidazole rings is 1. The number of para-hydroxylation sites is 2. The zero-order chi connectivity index (χ0) is 20.1. The number of fused-ring (bicyclic) bond motifs is 2. The number of amides is 1. The average molecular weight is 390 g/mol. The van der Waals surface area contributed by atoms with Crippen LogP contribution in [0.1, 0.15) is 32.5 Å². The first-order valence-corrected chi connectivity index (χ1v) is 9.22. The van der Waals surface area contributed by atoms with Crippen molar-refractivity contribution in [1.82, 2.24) is 15.0 Å². The van der Waals surface area contributed by atoms with Crippen molar-refractivity contribution in [2.75, 3.05) is 0 Å². The molecule has 1 heterocycles. The van der Waals surface area contributed by atoms with E-state index in [0.29, 0.717) is 11.8 Å². The Hall–Kier alpha value is -2.64. The highest BCUT2D eigenvalue weighted by atomic mass is 19.4. The van der Waals surface area contributed by atoms with Crippen molar-refractivity contribution in [3.63, 3.8) is 0 Å². The van der Waals surface area contributed by atoms with E-state index in [0.717, 1.165) is 23.0 Å². The van der Waals surface area contributed by atoms with Gasteiger partial charge >= 0.3 is 6.18 Å². The molecule has 0 aliphatic heterocycles. The molecular formula is C20H21F3N4O. The van der Waals surface area contributed by atoms with Crippen LogP contribution in [0.2, 0.25) is 0 Å². The molecule has 1 fully saturated rings. The number of carbonyl (C=O) groups excluding carboxylic acids is 1. The number of nitrogens with zero attached hydrogens (tertiary/aromatic N) is 3. The van der Waals surface area contributed by atoms with Crippen LogP contribution in [0.25, 0.3) is 11.0 Å². The minimum absolute atomic E-state index is 0.195. The molecule has 2 unspecified atom stereocenters. The molecule has 5 rings (SSSR count). The highest BCUT2D eigenvalue weighted by Gasteiger charge is 2.50. The maximum absolute atomic E-state index is 13.3. The Morgan fingerprint density at radius 1 is 1.39 bits per heavy atom. The molecule has 148 valence electrons. The SMILES string of the molecule is CC1(C)C2CC=C(/C=N/NC(=O)Cn3c(C(F)(F)F)nc4ccccc43)C1C2. The standard InChI is InChI=1S/C20H21F3N4O/c1-19(2)13-8-7-12(14(19)9-13)10-24-26-17(28)11-27-16-6-4-3-5-15(16)25-18(27)20(21,22)23/h3-7,10,13-14H,8-9,11H2,1-2H3,(H,26,28)/b24-10+. The van der Waals surface area contributed by atoms with E-state index in [9.17, 15) is 18.0 Å². The van der Waals surface area contributed by atoms with Crippen molar-refractivity contribution >= 4 is 23.2 Å². The van der Waals surface area contributed by atoms with Gasteiger partial charge in [-0.3, -0.25) is 4.79 Å². The summed E-state index contributed by atoms with van der Waals surface area (Å²) in [7, 11) is 0. The minimum Gasteiger partial charge on any atom is -0.311 e. The van der Waals surface area contributed by atoms with Crippen LogP contribution in [-0.4, -0.2) is 21.7 Å². The van der Waals surface area contributed by atoms with Gasteiger partial charge in [-0.15, -0.1) is 0 Å². The summed E-state index contributed by atoms with van der Waals surface area (Å²) < 4.78 is 40.8. The van der Waals surface area contributed by atoms with E-state index in [4.69, 9.17) is 0 Å². The van der Waals surface area contributed by atoms with Crippen LogP contribution in [0.15, 0.2) is 41.0 Å². The van der Waals surface area contributed by atoms with Crippen molar-refractivity contribution < 1.29 is 18.0 Å². The van der Waals surface area contributed by atoms with Crippen LogP contribution in [0, 0.1) is 17.3 Å². The fraction of sp³-hybridized carbons (Fsp3) is 0.450. The number of aromatic nitrogens is 2. The lowest BCUT2D eigenvalue weighted by atomic mass is 9.49. The number of carbonyl (C=O) groups is 1. The Kier molecular flexibility index (Phi) is 4.32. The molecule has 8 heteroatoms. The van der Waals surface area contributed by atoms with Crippen LogP contribution in [0.5, 0.6) is 0 Å². The minimum atomic E-state index is -4.65. The van der Waals surface area contributed by atoms with Gasteiger partial charge in [0.05, 0.1) is 17.2 Å². The fourth-order valence-corrected chi connectivity index (χ4v) is 4.35. The molecule has 3 aliphatic rings. The number of benzene rings is 1. The van der Waals surface area contributed by atoms with E-state index < -0.39 is 24.5 Å². The summed E-state index contributed by atoms with van der Waals surface area (Å²) in [4.78, 5) is 15.9. The molecule has 3 aliphatic carbocycles. The third kappa shape index (κ3) is 3.10. The molecule has 5 nitrogen and oxygen atoms in total. The predicted molar refractivity (Wildman–Crippen MR) is 99.4 cm³/mol. The number of hydrogen-bond donors (Lipinski definition) is 1. The van der Waals surface area contributed by atoms with E-state index in [2.05, 4.69) is 35.4 Å². The van der Waals surface area contributed by atoms with Gasteiger partial charge in [-0.05, 0) is 47.8 Å². The zero-order valence-corrected chi connectivity index (χ0v) is 15.6. The third-order valence-corrected chi connectivity index (χ3v) is 6.12. The van der Waals surface area contributed by atoms with Gasteiger partial charge in [0.1, 0.15) is 6.54 Å². The van der Waals surface area contributed by atoms with E-state index in [1.165, 1.54) is 12.1 Å². The summed E-state index contributed by atoms with van der Waals surface area (Å²) in [5.41, 5.74) is 4.11. The molecule has 0 saturated heterocycles. The topological polar surface area (TPSA) is 59.3 Å². The summed E-state index contributed by atoms with van der Waals surface area (Å²) in [6.07, 6.45) is 1.21. The zero-order valence-electron chi connectivity index (χ0n) is 15.6. The van der Waals surface area contributed by atoms with Gasteiger partial charge in [0.15, 0.2) is 0 Å². The van der Waals surface area contributed by atoms with Crippen molar-refractivity contribution in [3.8, 4) is 0 Å². The maximum atomic E-state index is 13.3. The Labute approximate surface area is 160 Å². The predicted octanol–water partition coefficient (Wildman–Crippen LogP) is 4.15. The summed E-state index contributed by atoms with van der Waals surface area (Å²) in [5, 5.41) is 3.98. The number of nitrogens with one attached hydrogen (secondary N) is 1. The van der Waals surface area contributed by atoms with Crippen molar-refractivity contribution in [3.05, 3.63) is 41.7 Å². The summed E-state index contributed by atoms with van der Waals surface area (Å²) in [6, 6.07) is 6.21. The first-order chi connectivity index (χ1) is 13.2. The largest absolute Gasteiger partial charge is 0.449 e. The number of hydrazone groups is 1. The lowest BCUT2D eigenvalue weighted by Crippen LogP contribution is -2.48. The lowest BCUT2D eigenvalue weighted by Gasteiger charge is -2.55. The molecule has 2 bridgehead atoms. The second-order valence-electron chi connectivity index (χ2n) is 8.05. The molecule has 2 aromatic rings. The van der Waals surface area contributed by atoms with E-state index in [-0.39, 0.29) is 16.4 Å². The molecule has 1 aromatic carbocycles.